The van der Waals surface area contributed by atoms with Crippen molar-refractivity contribution in [3.05, 3.63) is 39.5 Å². The third-order valence-corrected chi connectivity index (χ3v) is 4.11. The highest BCUT2D eigenvalue weighted by atomic mass is 32.1. The van der Waals surface area contributed by atoms with Crippen LogP contribution in [-0.2, 0) is 12.8 Å². The van der Waals surface area contributed by atoms with Crippen molar-refractivity contribution in [3.63, 3.8) is 0 Å². The number of nitrogens with two attached hydrogens (primary N) is 1. The van der Waals surface area contributed by atoms with E-state index in [2.05, 4.69) is 16.9 Å². The molecule has 2 heterocycles. The molecule has 2 aromatic rings. The Morgan fingerprint density at radius 3 is 2.63 bits per heavy atom. The molecule has 2 aromatic heterocycles. The summed E-state index contributed by atoms with van der Waals surface area (Å²) in [6.07, 6.45) is 3.43. The molecule has 0 bridgehead atoms. The van der Waals surface area contributed by atoms with Crippen LogP contribution in [0.3, 0.4) is 0 Å². The van der Waals surface area contributed by atoms with Gasteiger partial charge in [-0.2, -0.15) is 0 Å². The topological polar surface area (TPSA) is 61.0 Å². The molecule has 0 amide bonds. The van der Waals surface area contributed by atoms with Crippen molar-refractivity contribution in [2.75, 3.05) is 7.11 Å². The Hall–Kier alpha value is -1.46. The average molecular weight is 277 g/mol. The number of methoxy groups -OCH3 is 1. The van der Waals surface area contributed by atoms with Gasteiger partial charge in [0.15, 0.2) is 0 Å². The highest BCUT2D eigenvalue weighted by Gasteiger charge is 2.10. The first-order valence-electron chi connectivity index (χ1n) is 6.26. The zero-order chi connectivity index (χ0) is 13.8. The van der Waals surface area contributed by atoms with Crippen molar-refractivity contribution in [2.45, 2.75) is 32.7 Å². The molecule has 0 aliphatic heterocycles. The van der Waals surface area contributed by atoms with Crippen LogP contribution in [0.2, 0.25) is 0 Å². The summed E-state index contributed by atoms with van der Waals surface area (Å²) in [4.78, 5) is 9.98. The number of hydrogen-bond donors (Lipinski definition) is 1. The van der Waals surface area contributed by atoms with Gasteiger partial charge in [-0.1, -0.05) is 6.07 Å². The number of thiazole rings is 1. The van der Waals surface area contributed by atoms with Gasteiger partial charge in [0.2, 0.25) is 5.88 Å². The van der Waals surface area contributed by atoms with Gasteiger partial charge < -0.3 is 10.5 Å². The van der Waals surface area contributed by atoms with E-state index >= 15 is 0 Å². The zero-order valence-electron chi connectivity index (χ0n) is 11.5. The van der Waals surface area contributed by atoms with Crippen molar-refractivity contribution in [1.82, 2.24) is 9.97 Å². The fraction of sp³-hybridized carbons (Fsp3) is 0.429. The molecule has 0 aliphatic carbocycles. The van der Waals surface area contributed by atoms with Crippen molar-refractivity contribution >= 4 is 11.3 Å². The summed E-state index contributed by atoms with van der Waals surface area (Å²) >= 11 is 1.73. The molecule has 0 radical (unpaired) electrons. The molecule has 0 spiro atoms. The summed E-state index contributed by atoms with van der Waals surface area (Å²) in [7, 11) is 1.61. The lowest BCUT2D eigenvalue weighted by atomic mass is 10.1. The minimum atomic E-state index is 0.0696. The van der Waals surface area contributed by atoms with Crippen LogP contribution in [0.25, 0.3) is 0 Å². The minimum Gasteiger partial charge on any atom is -0.481 e. The van der Waals surface area contributed by atoms with E-state index in [1.165, 1.54) is 4.88 Å². The minimum absolute atomic E-state index is 0.0696. The molecule has 2 N–H and O–H groups in total. The summed E-state index contributed by atoms with van der Waals surface area (Å²) in [6, 6.07) is 3.93. The monoisotopic (exact) mass is 277 g/mol. The van der Waals surface area contributed by atoms with Crippen LogP contribution in [0.1, 0.15) is 21.1 Å². The Balaban J connectivity index is 1.94. The quantitative estimate of drug-likeness (QED) is 0.910. The largest absolute Gasteiger partial charge is 0.481 e. The zero-order valence-corrected chi connectivity index (χ0v) is 12.3. The molecule has 5 heteroatoms. The average Bonchev–Trinajstić information content (AvgIpc) is 2.69. The van der Waals surface area contributed by atoms with Crippen LogP contribution in [-0.4, -0.2) is 23.1 Å². The molecular formula is C14H19N3OS. The molecule has 0 fully saturated rings. The highest BCUT2D eigenvalue weighted by Crippen LogP contribution is 2.18. The summed E-state index contributed by atoms with van der Waals surface area (Å²) in [5.74, 6) is 0.628. The van der Waals surface area contributed by atoms with Gasteiger partial charge in [-0.3, -0.25) is 0 Å². The van der Waals surface area contributed by atoms with Gasteiger partial charge in [-0.25, -0.2) is 9.97 Å². The fourth-order valence-corrected chi connectivity index (χ4v) is 2.90. The Morgan fingerprint density at radius 1 is 1.32 bits per heavy atom. The lowest BCUT2D eigenvalue weighted by Gasteiger charge is -2.09. The maximum atomic E-state index is 6.18. The van der Waals surface area contributed by atoms with Gasteiger partial charge in [0.05, 0.1) is 17.8 Å². The predicted molar refractivity (Wildman–Crippen MR) is 77.8 cm³/mol. The molecule has 0 aliphatic rings. The Morgan fingerprint density at radius 2 is 2.11 bits per heavy atom. The number of hydrogen-bond acceptors (Lipinski definition) is 5. The Bertz CT molecular complexity index is 517. The van der Waals surface area contributed by atoms with E-state index in [9.17, 15) is 0 Å². The fourth-order valence-electron chi connectivity index (χ4n) is 1.88. The van der Waals surface area contributed by atoms with E-state index in [-0.39, 0.29) is 6.04 Å². The van der Waals surface area contributed by atoms with E-state index in [0.717, 1.165) is 29.1 Å². The standard InChI is InChI=1S/C14H19N3OS/c1-9-10(2)19-14(17-9)7-12(15)6-11-4-5-13(18-3)16-8-11/h4-5,8,12H,6-7,15H2,1-3H3. The molecule has 0 aromatic carbocycles. The number of aromatic nitrogens is 2. The number of nitrogens with zero attached hydrogens (tertiary/aromatic N) is 2. The van der Waals surface area contributed by atoms with Crippen LogP contribution >= 0.6 is 11.3 Å². The van der Waals surface area contributed by atoms with E-state index in [0.29, 0.717) is 5.88 Å². The van der Waals surface area contributed by atoms with E-state index in [4.69, 9.17) is 10.5 Å². The van der Waals surface area contributed by atoms with E-state index in [1.807, 2.05) is 25.3 Å². The highest BCUT2D eigenvalue weighted by molar-refractivity contribution is 7.11. The van der Waals surface area contributed by atoms with Gasteiger partial charge >= 0.3 is 0 Å². The molecule has 1 atom stereocenters. The van der Waals surface area contributed by atoms with Gasteiger partial charge in [-0.05, 0) is 25.8 Å². The number of pyridine rings is 1. The first kappa shape index (κ1) is 14.0. The van der Waals surface area contributed by atoms with Crippen LogP contribution in [0.4, 0.5) is 0 Å². The SMILES string of the molecule is COc1ccc(CC(N)Cc2nc(C)c(C)s2)cn1. The van der Waals surface area contributed by atoms with Gasteiger partial charge in [0.1, 0.15) is 0 Å². The number of ether oxygens (including phenoxy) is 1. The Kier molecular flexibility index (Phi) is 4.50. The van der Waals surface area contributed by atoms with E-state index < -0.39 is 0 Å². The van der Waals surface area contributed by atoms with Gasteiger partial charge in [0.25, 0.3) is 0 Å². The molecule has 0 saturated heterocycles. The van der Waals surface area contributed by atoms with Crippen molar-refractivity contribution in [2.24, 2.45) is 5.73 Å². The third kappa shape index (κ3) is 3.75. The van der Waals surface area contributed by atoms with Crippen LogP contribution in [0.15, 0.2) is 18.3 Å². The molecule has 1 unspecified atom stereocenters. The third-order valence-electron chi connectivity index (χ3n) is 3.01. The van der Waals surface area contributed by atoms with Crippen molar-refractivity contribution in [3.8, 4) is 5.88 Å². The first-order valence-corrected chi connectivity index (χ1v) is 7.07. The van der Waals surface area contributed by atoms with Crippen molar-refractivity contribution < 1.29 is 4.74 Å². The van der Waals surface area contributed by atoms with Crippen LogP contribution in [0.5, 0.6) is 5.88 Å². The van der Waals surface area contributed by atoms with Crippen LogP contribution < -0.4 is 10.5 Å². The lowest BCUT2D eigenvalue weighted by molar-refractivity contribution is 0.397. The summed E-state index contributed by atoms with van der Waals surface area (Å²) in [6.45, 7) is 4.13. The van der Waals surface area contributed by atoms with E-state index in [1.54, 1.807) is 18.4 Å². The summed E-state index contributed by atoms with van der Waals surface area (Å²) in [5.41, 5.74) is 8.41. The molecule has 0 saturated carbocycles. The predicted octanol–water partition coefficient (Wildman–Crippen LogP) is 2.28. The van der Waals surface area contributed by atoms with Crippen molar-refractivity contribution in [1.29, 1.82) is 0 Å². The molecule has 102 valence electrons. The first-order chi connectivity index (χ1) is 9.08. The molecule has 4 nitrogen and oxygen atoms in total. The summed E-state index contributed by atoms with van der Waals surface area (Å²) < 4.78 is 5.04. The van der Waals surface area contributed by atoms with Gasteiger partial charge in [-0.15, -0.1) is 11.3 Å². The smallest absolute Gasteiger partial charge is 0.212 e. The second-order valence-electron chi connectivity index (χ2n) is 4.63. The number of aryl methyl sites for hydroxylation is 2. The normalized spacial score (nSPS) is 12.4. The maximum absolute atomic E-state index is 6.18. The van der Waals surface area contributed by atoms with Crippen LogP contribution in [0, 0.1) is 13.8 Å². The maximum Gasteiger partial charge on any atom is 0.212 e. The molecular weight excluding hydrogens is 258 g/mol. The summed E-state index contributed by atoms with van der Waals surface area (Å²) in [5, 5.41) is 1.11. The Labute approximate surface area is 117 Å². The molecule has 2 rings (SSSR count). The van der Waals surface area contributed by atoms with Gasteiger partial charge in [0, 0.05) is 29.6 Å². The number of rotatable bonds is 5. The second kappa shape index (κ2) is 6.12. The molecule has 19 heavy (non-hydrogen) atoms. The second-order valence-corrected chi connectivity index (χ2v) is 5.91. The lowest BCUT2D eigenvalue weighted by Crippen LogP contribution is -2.25.